The van der Waals surface area contributed by atoms with Crippen LogP contribution in [0.25, 0.3) is 11.6 Å². The monoisotopic (exact) mass is 498 g/mol. The number of aromatic hydroxyl groups is 4. The van der Waals surface area contributed by atoms with E-state index in [0.29, 0.717) is 0 Å². The Morgan fingerprint density at radius 1 is 0.886 bits per heavy atom. The van der Waals surface area contributed by atoms with Crippen LogP contribution in [0.5, 0.6) is 23.0 Å². The molecule has 0 aliphatic heterocycles. The van der Waals surface area contributed by atoms with E-state index in [9.17, 15) is 28.5 Å². The Labute approximate surface area is 198 Å². The Morgan fingerprint density at radius 2 is 1.54 bits per heavy atom. The van der Waals surface area contributed by atoms with Gasteiger partial charge in [-0.3, -0.25) is 9.35 Å². The molecule has 3 aromatic rings. The van der Waals surface area contributed by atoms with Crippen LogP contribution in [0, 0.1) is 0 Å². The van der Waals surface area contributed by atoms with Gasteiger partial charge >= 0.3 is 5.71 Å². The predicted octanol–water partition coefficient (Wildman–Crippen LogP) is 2.40. The summed E-state index contributed by atoms with van der Waals surface area (Å²) in [6.07, 6.45) is 1.42. The number of aliphatic hydroxyl groups excluding tert-OH is 1. The Hall–Kier alpha value is -4.48. The zero-order valence-electron chi connectivity index (χ0n) is 17.6. The van der Waals surface area contributed by atoms with Crippen LogP contribution in [0.1, 0.15) is 33.2 Å². The average Bonchev–Trinajstić information content (AvgIpc) is 2.82. The molecule has 11 nitrogen and oxygen atoms in total. The Balaban J connectivity index is 0.000000196. The normalized spacial score (nSPS) is 14.3. The van der Waals surface area contributed by atoms with Crippen molar-refractivity contribution in [2.24, 2.45) is 0 Å². The molecule has 1 aliphatic carbocycles. The summed E-state index contributed by atoms with van der Waals surface area (Å²) in [5, 5.41) is 47.0. The predicted molar refractivity (Wildman–Crippen MR) is 122 cm³/mol. The van der Waals surface area contributed by atoms with Gasteiger partial charge in [-0.15, -0.1) is 0 Å². The largest absolute Gasteiger partial charge is 0.508 e. The van der Waals surface area contributed by atoms with Gasteiger partial charge in [0.25, 0.3) is 10.1 Å². The van der Waals surface area contributed by atoms with Gasteiger partial charge in [0, 0.05) is 22.8 Å². The molecule has 0 aromatic heterocycles. The molecule has 1 atom stereocenters. The third kappa shape index (κ3) is 5.21. The zero-order chi connectivity index (χ0) is 25.9. The van der Waals surface area contributed by atoms with Crippen molar-refractivity contribution in [1.82, 2.24) is 0 Å². The number of hydrogen-bond acceptors (Lipinski definition) is 8. The van der Waals surface area contributed by atoms with Gasteiger partial charge < -0.3 is 31.1 Å². The van der Waals surface area contributed by atoms with Crippen molar-refractivity contribution >= 4 is 27.7 Å². The molecule has 0 fully saturated rings. The third-order valence-corrected chi connectivity index (χ3v) is 5.90. The quantitative estimate of drug-likeness (QED) is 0.103. The maximum absolute atomic E-state index is 12.0. The van der Waals surface area contributed by atoms with Gasteiger partial charge in [-0.1, -0.05) is 12.1 Å². The van der Waals surface area contributed by atoms with Crippen molar-refractivity contribution in [2.75, 3.05) is 0 Å². The van der Waals surface area contributed by atoms with E-state index in [0.717, 1.165) is 6.07 Å². The summed E-state index contributed by atoms with van der Waals surface area (Å²) in [6, 6.07) is 11.9. The lowest BCUT2D eigenvalue weighted by Gasteiger charge is -2.15. The Morgan fingerprint density at radius 3 is 2.14 bits per heavy atom. The van der Waals surface area contributed by atoms with Gasteiger partial charge in [0.15, 0.2) is 23.4 Å². The van der Waals surface area contributed by atoms with Gasteiger partial charge in [0.2, 0.25) is 5.75 Å². The molecular formula is C23H18N2O9S. The smallest absolute Gasteiger partial charge is 0.324 e. The van der Waals surface area contributed by atoms with Crippen molar-refractivity contribution in [1.29, 1.82) is 0 Å². The molecule has 180 valence electrons. The van der Waals surface area contributed by atoms with Crippen LogP contribution in [0.4, 0.5) is 0 Å². The summed E-state index contributed by atoms with van der Waals surface area (Å²) in [7, 11) is -4.36. The molecule has 0 saturated carbocycles. The lowest BCUT2D eigenvalue weighted by atomic mass is 9.93. The molecule has 0 radical (unpaired) electrons. The summed E-state index contributed by atoms with van der Waals surface area (Å²) in [4.78, 5) is 14.6. The minimum absolute atomic E-state index is 0.00462. The number of nitrogens with zero attached hydrogens (tertiary/aromatic N) is 2. The fourth-order valence-electron chi connectivity index (χ4n) is 3.23. The zero-order valence-corrected chi connectivity index (χ0v) is 18.5. The summed E-state index contributed by atoms with van der Waals surface area (Å²) >= 11 is 0. The number of carbonyl (C=O) groups is 1. The van der Waals surface area contributed by atoms with E-state index in [1.54, 1.807) is 0 Å². The Bertz CT molecular complexity index is 1490. The van der Waals surface area contributed by atoms with E-state index < -0.39 is 39.3 Å². The summed E-state index contributed by atoms with van der Waals surface area (Å²) in [6.45, 7) is 0. The van der Waals surface area contributed by atoms with Crippen molar-refractivity contribution in [2.45, 2.75) is 11.0 Å². The molecule has 35 heavy (non-hydrogen) atoms. The number of rotatable bonds is 3. The highest BCUT2D eigenvalue weighted by Crippen LogP contribution is 2.38. The fraction of sp³-hybridized carbons (Fsp3) is 0.0435. The summed E-state index contributed by atoms with van der Waals surface area (Å²) < 4.78 is 31.3. The number of phenolic OH excluding ortho intramolecular Hbond substituents is 4. The highest BCUT2D eigenvalue weighted by Gasteiger charge is 2.29. The summed E-state index contributed by atoms with van der Waals surface area (Å²) in [5.41, 5.74) is 9.19. The van der Waals surface area contributed by atoms with Crippen molar-refractivity contribution in [3.63, 3.8) is 0 Å². The first-order chi connectivity index (χ1) is 16.5. The first-order valence-corrected chi connectivity index (χ1v) is 11.2. The van der Waals surface area contributed by atoms with E-state index in [1.807, 2.05) is 0 Å². The number of benzene rings is 3. The molecule has 3 aromatic carbocycles. The van der Waals surface area contributed by atoms with Crippen LogP contribution in [-0.4, -0.2) is 54.8 Å². The van der Waals surface area contributed by atoms with Gasteiger partial charge in [-0.25, -0.2) is 0 Å². The van der Waals surface area contributed by atoms with Crippen LogP contribution in [0.15, 0.2) is 65.6 Å². The maximum Gasteiger partial charge on any atom is 0.324 e. The summed E-state index contributed by atoms with van der Waals surface area (Å²) in [5.74, 6) is -2.42. The van der Waals surface area contributed by atoms with E-state index in [2.05, 4.69) is 4.79 Å². The second-order valence-electron chi connectivity index (χ2n) is 7.20. The molecule has 6 N–H and O–H groups in total. The van der Waals surface area contributed by atoms with Crippen LogP contribution in [0.3, 0.4) is 0 Å². The Kier molecular flexibility index (Phi) is 7.04. The van der Waals surface area contributed by atoms with Crippen LogP contribution in [-0.2, 0) is 10.1 Å². The topological polar surface area (TPSA) is 209 Å². The van der Waals surface area contributed by atoms with Crippen molar-refractivity contribution < 1.29 is 48.1 Å². The second kappa shape index (κ2) is 9.79. The molecule has 0 bridgehead atoms. The van der Waals surface area contributed by atoms with Crippen molar-refractivity contribution in [3.8, 4) is 23.0 Å². The number of fused-ring (bicyclic) bond motifs is 1. The van der Waals surface area contributed by atoms with E-state index in [-0.39, 0.29) is 38.6 Å². The first-order valence-electron chi connectivity index (χ1n) is 9.71. The van der Waals surface area contributed by atoms with E-state index >= 15 is 0 Å². The number of carbonyl (C=O) groups excluding carboxylic acids is 1. The fourth-order valence-corrected chi connectivity index (χ4v) is 3.94. The second-order valence-corrected chi connectivity index (χ2v) is 8.59. The molecule has 1 unspecified atom stereocenters. The third-order valence-electron chi connectivity index (χ3n) is 4.99. The maximum atomic E-state index is 12.0. The average molecular weight is 498 g/mol. The van der Waals surface area contributed by atoms with Crippen molar-refractivity contribution in [3.05, 3.63) is 88.5 Å². The van der Waals surface area contributed by atoms with Gasteiger partial charge in [0.05, 0.1) is 5.56 Å². The SMILES string of the molecule is O=C(c1ccc(O)cc1)c1ccc(O)c(O)c1O.[N-]=[N+]=C1C=Cc2c(cccc2S(=O)(=O)O)C1O. The molecule has 4 rings (SSSR count). The van der Waals surface area contributed by atoms with Gasteiger partial charge in [0.1, 0.15) is 10.6 Å². The molecule has 0 spiro atoms. The van der Waals surface area contributed by atoms with Gasteiger partial charge in [-0.05, 0) is 48.5 Å². The highest BCUT2D eigenvalue weighted by molar-refractivity contribution is 7.86. The molecule has 0 saturated heterocycles. The minimum atomic E-state index is -4.36. The molecule has 0 amide bonds. The highest BCUT2D eigenvalue weighted by atomic mass is 32.2. The standard InChI is InChI=1S/C13H10O5.C10H8N2O4S/c14-8-3-1-7(2-4-8)11(16)9-5-6-10(15)13(18)12(9)17;11-12-8-5-4-6-7(10(8)13)2-1-3-9(6)17(14,15)16/h1-6,14-15,17-18H;1-5,10,13H,(H,14,15,16). The van der Waals surface area contributed by atoms with Crippen LogP contribution in [0.2, 0.25) is 0 Å². The lowest BCUT2D eigenvalue weighted by molar-refractivity contribution is -0.0188. The number of hydrogen-bond donors (Lipinski definition) is 6. The number of phenols is 4. The molecule has 1 aliphatic rings. The number of ketones is 1. The molecular weight excluding hydrogens is 480 g/mol. The lowest BCUT2D eigenvalue weighted by Crippen LogP contribution is -2.17. The molecule has 0 heterocycles. The van der Waals surface area contributed by atoms with Gasteiger partial charge in [-0.2, -0.15) is 13.2 Å². The van der Waals surface area contributed by atoms with Crippen LogP contribution < -0.4 is 0 Å². The number of aliphatic hydroxyl groups is 1. The minimum Gasteiger partial charge on any atom is -0.508 e. The molecule has 12 heteroatoms. The first kappa shape index (κ1) is 25.1. The van der Waals surface area contributed by atoms with E-state index in [1.165, 1.54) is 60.7 Å². The van der Waals surface area contributed by atoms with Crippen LogP contribution >= 0.6 is 0 Å². The van der Waals surface area contributed by atoms with E-state index in [4.69, 9.17) is 20.3 Å².